The van der Waals surface area contributed by atoms with E-state index in [1.54, 1.807) is 0 Å². The Hall–Kier alpha value is -5.91. The molecular formula is C41H24N4S. The van der Waals surface area contributed by atoms with Crippen molar-refractivity contribution in [2.24, 2.45) is 0 Å². The van der Waals surface area contributed by atoms with Gasteiger partial charge in [0.2, 0.25) is 0 Å². The van der Waals surface area contributed by atoms with Gasteiger partial charge >= 0.3 is 0 Å². The van der Waals surface area contributed by atoms with Crippen LogP contribution in [0.3, 0.4) is 0 Å². The number of benzene rings is 5. The van der Waals surface area contributed by atoms with Gasteiger partial charge in [0, 0.05) is 44.0 Å². The molecule has 0 unspecified atom stereocenters. The van der Waals surface area contributed by atoms with Gasteiger partial charge in [-0.05, 0) is 58.6 Å². The van der Waals surface area contributed by atoms with E-state index in [9.17, 15) is 0 Å². The molecule has 4 nitrogen and oxygen atoms in total. The highest BCUT2D eigenvalue weighted by Crippen LogP contribution is 2.47. The van der Waals surface area contributed by atoms with Gasteiger partial charge in [-0.3, -0.25) is 9.97 Å². The average Bonchev–Trinajstić information content (AvgIpc) is 3.69. The van der Waals surface area contributed by atoms with Crippen LogP contribution in [0.1, 0.15) is 0 Å². The summed E-state index contributed by atoms with van der Waals surface area (Å²) in [4.78, 5) is 14.5. The Morgan fingerprint density at radius 2 is 1.00 bits per heavy atom. The minimum atomic E-state index is 0.808. The first kappa shape index (κ1) is 25.4. The lowest BCUT2D eigenvalue weighted by molar-refractivity contribution is 1.15. The van der Waals surface area contributed by atoms with Crippen LogP contribution in [0.15, 0.2) is 146 Å². The van der Waals surface area contributed by atoms with Crippen LogP contribution in [-0.2, 0) is 0 Å². The van der Waals surface area contributed by atoms with Crippen LogP contribution in [-0.4, -0.2) is 19.5 Å². The minimum Gasteiger partial charge on any atom is -0.307 e. The quantitative estimate of drug-likeness (QED) is 0.188. The van der Waals surface area contributed by atoms with Gasteiger partial charge in [-0.2, -0.15) is 0 Å². The fraction of sp³-hybridized carbons (Fsp3) is 0. The van der Waals surface area contributed by atoms with Gasteiger partial charge in [-0.15, -0.1) is 11.3 Å². The highest BCUT2D eigenvalue weighted by molar-refractivity contribution is 7.26. The summed E-state index contributed by atoms with van der Waals surface area (Å²) >= 11 is 1.87. The van der Waals surface area contributed by atoms with Crippen LogP contribution in [0, 0.1) is 0 Å². The average molecular weight is 605 g/mol. The summed E-state index contributed by atoms with van der Waals surface area (Å²) in [6.07, 6.45) is 3.65. The summed E-state index contributed by atoms with van der Waals surface area (Å²) in [5, 5.41) is 10.0. The number of hydrogen-bond donors (Lipinski definition) is 0. The molecule has 0 N–H and O–H groups in total. The molecule has 214 valence electrons. The molecule has 0 aliphatic heterocycles. The van der Waals surface area contributed by atoms with Crippen LogP contribution in [0.5, 0.6) is 0 Å². The molecule has 0 amide bonds. The number of rotatable bonds is 3. The molecule has 0 bridgehead atoms. The van der Waals surface area contributed by atoms with E-state index in [0.717, 1.165) is 28.5 Å². The Labute approximate surface area is 267 Å². The number of fused-ring (bicyclic) bond motifs is 12. The number of aromatic nitrogens is 4. The minimum absolute atomic E-state index is 0.808. The molecule has 0 saturated heterocycles. The fourth-order valence-electron chi connectivity index (χ4n) is 7.13. The molecule has 5 aromatic heterocycles. The van der Waals surface area contributed by atoms with Gasteiger partial charge in [-0.25, -0.2) is 4.98 Å². The van der Waals surface area contributed by atoms with Crippen LogP contribution in [0.2, 0.25) is 0 Å². The Bertz CT molecular complexity index is 2740. The smallest absolute Gasteiger partial charge is 0.0915 e. The zero-order valence-electron chi connectivity index (χ0n) is 24.6. The molecular weight excluding hydrogens is 581 g/mol. The number of pyridine rings is 3. The largest absolute Gasteiger partial charge is 0.307 e. The van der Waals surface area contributed by atoms with Gasteiger partial charge in [0.1, 0.15) is 0 Å². The normalized spacial score (nSPS) is 11.9. The third kappa shape index (κ3) is 3.63. The summed E-state index contributed by atoms with van der Waals surface area (Å²) < 4.78 is 5.05. The Morgan fingerprint density at radius 3 is 1.67 bits per heavy atom. The number of hydrogen-bond acceptors (Lipinski definition) is 4. The lowest BCUT2D eigenvalue weighted by Crippen LogP contribution is -2.00. The van der Waals surface area contributed by atoms with Crippen molar-refractivity contribution in [3.05, 3.63) is 146 Å². The standard InChI is InChI=1S/C41H24N4S/c1-3-14-29-26(11-1)27-12-2-4-15-30(27)39-38(29)32-20-19-31-28-13-5-6-18-37(28)46-41(31)40(32)45(39)25-23-35(33-16-7-9-21-42-33)44-36(24-25)34-17-8-10-22-43-34/h1-24H. The van der Waals surface area contributed by atoms with E-state index in [4.69, 9.17) is 15.0 Å². The maximum Gasteiger partial charge on any atom is 0.0915 e. The first-order valence-electron chi connectivity index (χ1n) is 15.4. The van der Waals surface area contributed by atoms with Gasteiger partial charge in [0.25, 0.3) is 0 Å². The summed E-state index contributed by atoms with van der Waals surface area (Å²) in [5.41, 5.74) is 6.69. The molecule has 0 aliphatic carbocycles. The molecule has 5 heteroatoms. The Balaban J connectivity index is 1.46. The van der Waals surface area contributed by atoms with E-state index in [1.165, 1.54) is 63.5 Å². The molecule has 0 spiro atoms. The second kappa shape index (κ2) is 9.80. The van der Waals surface area contributed by atoms with Crippen LogP contribution < -0.4 is 0 Å². The maximum atomic E-state index is 5.12. The third-order valence-corrected chi connectivity index (χ3v) is 10.3. The van der Waals surface area contributed by atoms with Crippen molar-refractivity contribution in [2.75, 3.05) is 0 Å². The predicted molar refractivity (Wildman–Crippen MR) is 193 cm³/mol. The number of nitrogens with zero attached hydrogens (tertiary/aromatic N) is 4. The summed E-state index contributed by atoms with van der Waals surface area (Å²) in [7, 11) is 0. The molecule has 0 saturated carbocycles. The fourth-order valence-corrected chi connectivity index (χ4v) is 8.37. The van der Waals surface area contributed by atoms with E-state index in [1.807, 2.05) is 60.1 Å². The third-order valence-electron chi connectivity index (χ3n) is 9.07. The molecule has 0 radical (unpaired) electrons. The van der Waals surface area contributed by atoms with Gasteiger partial charge in [0.05, 0.1) is 44.2 Å². The predicted octanol–water partition coefficient (Wildman–Crippen LogP) is 11.0. The SMILES string of the molecule is c1ccc(-c2cc(-n3c4c(ccc5c6ccccc6sc54)c4c5ccccc5c5ccccc5c43)cc(-c3ccccn3)n2)nc1. The molecule has 5 heterocycles. The molecule has 46 heavy (non-hydrogen) atoms. The zero-order valence-corrected chi connectivity index (χ0v) is 25.4. The molecule has 10 rings (SSSR count). The second-order valence-corrected chi connectivity index (χ2v) is 12.7. The lowest BCUT2D eigenvalue weighted by atomic mass is 9.96. The van der Waals surface area contributed by atoms with Crippen molar-refractivity contribution in [1.82, 2.24) is 19.5 Å². The monoisotopic (exact) mass is 604 g/mol. The molecule has 0 fully saturated rings. The van der Waals surface area contributed by atoms with Gasteiger partial charge < -0.3 is 4.57 Å². The molecule has 10 aromatic rings. The molecule has 0 atom stereocenters. The van der Waals surface area contributed by atoms with Gasteiger partial charge in [-0.1, -0.05) is 91.0 Å². The van der Waals surface area contributed by atoms with Crippen LogP contribution in [0.4, 0.5) is 0 Å². The van der Waals surface area contributed by atoms with Crippen molar-refractivity contribution in [3.63, 3.8) is 0 Å². The van der Waals surface area contributed by atoms with E-state index >= 15 is 0 Å². The van der Waals surface area contributed by atoms with E-state index < -0.39 is 0 Å². The van der Waals surface area contributed by atoms with E-state index in [-0.39, 0.29) is 0 Å². The topological polar surface area (TPSA) is 43.6 Å². The lowest BCUT2D eigenvalue weighted by Gasteiger charge is -2.14. The highest BCUT2D eigenvalue weighted by Gasteiger charge is 2.23. The Kier molecular flexibility index (Phi) is 5.41. The summed E-state index contributed by atoms with van der Waals surface area (Å²) in [6.45, 7) is 0. The van der Waals surface area contributed by atoms with Gasteiger partial charge in [0.15, 0.2) is 0 Å². The highest BCUT2D eigenvalue weighted by atomic mass is 32.1. The Morgan fingerprint density at radius 1 is 0.435 bits per heavy atom. The van der Waals surface area contributed by atoms with E-state index in [0.29, 0.717) is 0 Å². The summed E-state index contributed by atoms with van der Waals surface area (Å²) in [5.74, 6) is 0. The van der Waals surface area contributed by atoms with Crippen molar-refractivity contribution in [3.8, 4) is 28.5 Å². The van der Waals surface area contributed by atoms with Crippen LogP contribution >= 0.6 is 11.3 Å². The molecule has 0 aliphatic rings. The first-order chi connectivity index (χ1) is 22.8. The van der Waals surface area contributed by atoms with E-state index in [2.05, 4.69) is 102 Å². The van der Waals surface area contributed by atoms with Crippen LogP contribution in [0.25, 0.3) is 92.0 Å². The number of thiophene rings is 1. The first-order valence-corrected chi connectivity index (χ1v) is 16.2. The van der Waals surface area contributed by atoms with Crippen molar-refractivity contribution in [2.45, 2.75) is 0 Å². The van der Waals surface area contributed by atoms with Crippen molar-refractivity contribution >= 4 is 74.9 Å². The molecule has 5 aromatic carbocycles. The van der Waals surface area contributed by atoms with Crippen molar-refractivity contribution in [1.29, 1.82) is 0 Å². The maximum absolute atomic E-state index is 5.12. The van der Waals surface area contributed by atoms with Crippen molar-refractivity contribution < 1.29 is 0 Å². The zero-order chi connectivity index (χ0) is 30.2. The second-order valence-electron chi connectivity index (χ2n) is 11.6. The summed E-state index contributed by atoms with van der Waals surface area (Å²) in [6, 6.07) is 47.3.